The molecule has 0 radical (unpaired) electrons. The van der Waals surface area contributed by atoms with E-state index in [1.54, 1.807) is 5.38 Å². The Morgan fingerprint density at radius 3 is 2.86 bits per heavy atom. The monoisotopic (exact) mass is 493 g/mol. The van der Waals surface area contributed by atoms with Gasteiger partial charge in [0.15, 0.2) is 5.13 Å². The van der Waals surface area contributed by atoms with Gasteiger partial charge in [-0.25, -0.2) is 15.0 Å². The summed E-state index contributed by atoms with van der Waals surface area (Å²) in [6.07, 6.45) is 2.81. The van der Waals surface area contributed by atoms with Crippen molar-refractivity contribution in [3.63, 3.8) is 0 Å². The molecule has 2 N–H and O–H groups in total. The average Bonchev–Trinajstić information content (AvgIpc) is 3.38. The van der Waals surface area contributed by atoms with Crippen molar-refractivity contribution in [3.8, 4) is 6.07 Å². The van der Waals surface area contributed by atoms with Crippen molar-refractivity contribution in [1.82, 2.24) is 34.9 Å². The fourth-order valence-electron chi connectivity index (χ4n) is 4.52. The first-order valence-corrected chi connectivity index (χ1v) is 12.7. The minimum absolute atomic E-state index is 0.201. The molecular formula is C24H31N9OS. The Kier molecular flexibility index (Phi) is 7.73. The van der Waals surface area contributed by atoms with E-state index in [0.717, 1.165) is 55.0 Å². The van der Waals surface area contributed by atoms with Crippen LogP contribution in [0.4, 0.5) is 10.9 Å². The number of hydrogen-bond donors (Lipinski definition) is 2. The van der Waals surface area contributed by atoms with E-state index in [1.165, 1.54) is 11.3 Å². The molecule has 0 spiro atoms. The third-order valence-corrected chi connectivity index (χ3v) is 7.12. The summed E-state index contributed by atoms with van der Waals surface area (Å²) in [5, 5.41) is 22.0. The first-order valence-electron chi connectivity index (χ1n) is 11.8. The van der Waals surface area contributed by atoms with Crippen LogP contribution in [0.3, 0.4) is 0 Å². The van der Waals surface area contributed by atoms with E-state index in [1.807, 2.05) is 38.6 Å². The number of nitriles is 1. The summed E-state index contributed by atoms with van der Waals surface area (Å²) in [5.74, 6) is 1.41. The molecule has 10 nitrogen and oxygen atoms in total. The van der Waals surface area contributed by atoms with Gasteiger partial charge in [-0.3, -0.25) is 14.4 Å². The summed E-state index contributed by atoms with van der Waals surface area (Å²) in [5.41, 5.74) is 4.62. The van der Waals surface area contributed by atoms with E-state index in [2.05, 4.69) is 41.7 Å². The van der Waals surface area contributed by atoms with Gasteiger partial charge in [-0.15, -0.1) is 11.3 Å². The smallest absolute Gasteiger partial charge is 0.270 e. The number of thiazole rings is 1. The number of piperidine rings is 1. The molecule has 1 aliphatic heterocycles. The van der Waals surface area contributed by atoms with E-state index in [-0.39, 0.29) is 11.8 Å². The summed E-state index contributed by atoms with van der Waals surface area (Å²) in [6.45, 7) is 8.62. The average molecular weight is 494 g/mol. The second-order valence-corrected chi connectivity index (χ2v) is 9.76. The fraction of sp³-hybridized carbons (Fsp3) is 0.500. The van der Waals surface area contributed by atoms with Gasteiger partial charge >= 0.3 is 0 Å². The number of rotatable bonds is 8. The van der Waals surface area contributed by atoms with Crippen molar-refractivity contribution in [1.29, 1.82) is 5.26 Å². The molecule has 35 heavy (non-hydrogen) atoms. The molecule has 1 amide bonds. The van der Waals surface area contributed by atoms with Gasteiger partial charge in [0, 0.05) is 43.2 Å². The number of hydrogen-bond acceptors (Lipinski definition) is 9. The second-order valence-electron chi connectivity index (χ2n) is 8.90. The maximum absolute atomic E-state index is 12.6. The minimum atomic E-state index is -0.201. The molecule has 0 aliphatic carbocycles. The van der Waals surface area contributed by atoms with Crippen LogP contribution in [0.1, 0.15) is 57.7 Å². The predicted octanol–water partition coefficient (Wildman–Crippen LogP) is 3.01. The van der Waals surface area contributed by atoms with Gasteiger partial charge in [0.2, 0.25) is 0 Å². The lowest BCUT2D eigenvalue weighted by molar-refractivity contribution is 0.0950. The van der Waals surface area contributed by atoms with E-state index >= 15 is 0 Å². The molecule has 3 aromatic heterocycles. The normalized spacial score (nSPS) is 16.1. The molecule has 184 valence electrons. The molecule has 4 heterocycles. The summed E-state index contributed by atoms with van der Waals surface area (Å²) in [4.78, 5) is 28.4. The molecule has 0 unspecified atom stereocenters. The van der Waals surface area contributed by atoms with Crippen LogP contribution in [-0.4, -0.2) is 61.7 Å². The van der Waals surface area contributed by atoms with Gasteiger partial charge in [-0.1, -0.05) is 0 Å². The van der Waals surface area contributed by atoms with E-state index in [0.29, 0.717) is 35.6 Å². The van der Waals surface area contributed by atoms with Crippen molar-refractivity contribution in [2.75, 3.05) is 31.5 Å². The molecule has 1 aliphatic rings. The van der Waals surface area contributed by atoms with Gasteiger partial charge in [0.05, 0.1) is 24.0 Å². The summed E-state index contributed by atoms with van der Waals surface area (Å²) >= 11 is 1.36. The number of amides is 1. The molecule has 4 rings (SSSR count). The molecule has 0 aromatic carbocycles. The number of nitrogens with one attached hydrogen (secondary N) is 2. The zero-order valence-electron chi connectivity index (χ0n) is 20.6. The van der Waals surface area contributed by atoms with Gasteiger partial charge in [0.1, 0.15) is 17.3 Å². The van der Waals surface area contributed by atoms with Crippen molar-refractivity contribution < 1.29 is 4.79 Å². The van der Waals surface area contributed by atoms with Gasteiger partial charge in [0.25, 0.3) is 5.91 Å². The summed E-state index contributed by atoms with van der Waals surface area (Å²) < 4.78 is 1.86. The number of aryl methyl sites for hydroxylation is 3. The third-order valence-electron chi connectivity index (χ3n) is 6.37. The number of carbonyl (C=O) groups excluding carboxylic acids is 1. The molecule has 11 heteroatoms. The Bertz CT molecular complexity index is 1240. The molecule has 0 saturated carbocycles. The lowest BCUT2D eigenvalue weighted by Crippen LogP contribution is -2.35. The van der Waals surface area contributed by atoms with Crippen molar-refractivity contribution >= 4 is 28.2 Å². The third kappa shape index (κ3) is 6.01. The highest BCUT2D eigenvalue weighted by molar-refractivity contribution is 7.14. The summed E-state index contributed by atoms with van der Waals surface area (Å²) in [7, 11) is 1.93. The number of anilines is 2. The number of aromatic nitrogens is 5. The van der Waals surface area contributed by atoms with Crippen LogP contribution in [0.2, 0.25) is 0 Å². The number of likely N-dealkylation sites (tertiary alicyclic amines) is 1. The van der Waals surface area contributed by atoms with Crippen LogP contribution in [-0.2, 0) is 13.5 Å². The molecule has 3 aromatic rings. The molecular weight excluding hydrogens is 462 g/mol. The summed E-state index contributed by atoms with van der Waals surface area (Å²) in [6, 6.07) is 4.19. The Morgan fingerprint density at radius 1 is 1.29 bits per heavy atom. The maximum atomic E-state index is 12.6. The van der Waals surface area contributed by atoms with Crippen molar-refractivity contribution in [2.24, 2.45) is 7.05 Å². The first kappa shape index (κ1) is 24.8. The molecule has 1 fully saturated rings. The number of nitrogens with zero attached hydrogens (tertiary/aromatic N) is 7. The fourth-order valence-corrected chi connectivity index (χ4v) is 5.22. The van der Waals surface area contributed by atoms with E-state index < -0.39 is 0 Å². The lowest BCUT2D eigenvalue weighted by atomic mass is 9.94. The quantitative estimate of drug-likeness (QED) is 0.459. The van der Waals surface area contributed by atoms with Gasteiger partial charge in [-0.2, -0.15) is 10.4 Å². The van der Waals surface area contributed by atoms with Crippen LogP contribution < -0.4 is 10.6 Å². The first-order chi connectivity index (χ1) is 16.8. The largest absolute Gasteiger partial charge is 0.350 e. The molecule has 0 bridgehead atoms. The highest BCUT2D eigenvalue weighted by atomic mass is 32.1. The Hall–Kier alpha value is -3.36. The van der Waals surface area contributed by atoms with Crippen LogP contribution in [0.5, 0.6) is 0 Å². The molecule has 1 atom stereocenters. The topological polar surface area (TPSA) is 125 Å². The highest BCUT2D eigenvalue weighted by Gasteiger charge is 2.23. The van der Waals surface area contributed by atoms with Gasteiger partial charge in [-0.05, 0) is 52.1 Å². The van der Waals surface area contributed by atoms with Gasteiger partial charge < -0.3 is 10.6 Å². The van der Waals surface area contributed by atoms with Crippen molar-refractivity contribution in [2.45, 2.75) is 46.0 Å². The SMILES string of the molecule is Cc1nc(Nc2nc(C(=O)NCCc3c(C)nn(C)c3C)cs2)cc([C@H]2CCCN(CC#N)C2)n1. The van der Waals surface area contributed by atoms with Crippen LogP contribution in [0.25, 0.3) is 0 Å². The zero-order valence-corrected chi connectivity index (χ0v) is 21.4. The zero-order chi connectivity index (χ0) is 24.9. The standard InChI is InChI=1S/C24H31N9OS/c1-15-19(16(2)32(4)31-15)7-9-26-23(34)21-14-35-24(29-21)30-22-12-20(27-17(3)28-22)18-6-5-10-33(13-18)11-8-25/h12,14,18H,5-7,9-11,13H2,1-4H3,(H,26,34)(H,27,28,29,30)/t18-/m0/s1. The maximum Gasteiger partial charge on any atom is 0.270 e. The minimum Gasteiger partial charge on any atom is -0.350 e. The molecule has 1 saturated heterocycles. The Balaban J connectivity index is 1.37. The number of carbonyl (C=O) groups is 1. The lowest BCUT2D eigenvalue weighted by Gasteiger charge is -2.30. The highest BCUT2D eigenvalue weighted by Crippen LogP contribution is 2.28. The predicted molar refractivity (Wildman–Crippen MR) is 135 cm³/mol. The second kappa shape index (κ2) is 10.9. The van der Waals surface area contributed by atoms with E-state index in [4.69, 9.17) is 5.26 Å². The Labute approximate surface area is 209 Å². The van der Waals surface area contributed by atoms with Crippen molar-refractivity contribution in [3.05, 3.63) is 45.6 Å². The Morgan fingerprint density at radius 2 is 2.11 bits per heavy atom. The van der Waals surface area contributed by atoms with Crippen LogP contribution in [0.15, 0.2) is 11.4 Å². The van der Waals surface area contributed by atoms with Crippen LogP contribution in [0, 0.1) is 32.1 Å². The van der Waals surface area contributed by atoms with E-state index in [9.17, 15) is 4.79 Å². The van der Waals surface area contributed by atoms with Crippen LogP contribution >= 0.6 is 11.3 Å².